The highest BCUT2D eigenvalue weighted by Crippen LogP contribution is 2.22. The molecule has 7 heteroatoms. The summed E-state index contributed by atoms with van der Waals surface area (Å²) in [7, 11) is 1.90. The largest absolute Gasteiger partial charge is 0.340 e. The molecule has 0 aromatic carbocycles. The maximum absolute atomic E-state index is 4.59. The summed E-state index contributed by atoms with van der Waals surface area (Å²) < 4.78 is 1.77. The predicted octanol–water partition coefficient (Wildman–Crippen LogP) is 1.03. The Labute approximate surface area is 124 Å². The summed E-state index contributed by atoms with van der Waals surface area (Å²) in [5, 5.41) is 15.0. The van der Waals surface area contributed by atoms with E-state index in [1.807, 2.05) is 13.2 Å². The fourth-order valence-electron chi connectivity index (χ4n) is 2.75. The summed E-state index contributed by atoms with van der Waals surface area (Å²) in [5.41, 5.74) is 0.971. The van der Waals surface area contributed by atoms with Crippen LogP contribution in [0.1, 0.15) is 19.8 Å². The van der Waals surface area contributed by atoms with Crippen molar-refractivity contribution >= 4 is 5.95 Å². The molecule has 1 fully saturated rings. The summed E-state index contributed by atoms with van der Waals surface area (Å²) in [6.45, 7) is 6.39. The third-order valence-corrected chi connectivity index (χ3v) is 4.03. The van der Waals surface area contributed by atoms with Crippen molar-refractivity contribution in [1.82, 2.24) is 30.3 Å². The Balaban J connectivity index is 1.60. The van der Waals surface area contributed by atoms with E-state index in [9.17, 15) is 0 Å². The molecule has 21 heavy (non-hydrogen) atoms. The molecular formula is C14H23N7. The van der Waals surface area contributed by atoms with Crippen LogP contribution in [-0.4, -0.2) is 51.1 Å². The van der Waals surface area contributed by atoms with Crippen LogP contribution in [-0.2, 0) is 7.05 Å². The molecule has 0 unspecified atom stereocenters. The quantitative estimate of drug-likeness (QED) is 0.860. The van der Waals surface area contributed by atoms with Crippen molar-refractivity contribution in [3.63, 3.8) is 0 Å². The second-order valence-electron chi connectivity index (χ2n) is 5.62. The second-order valence-corrected chi connectivity index (χ2v) is 5.62. The molecule has 1 aliphatic rings. The van der Waals surface area contributed by atoms with Crippen LogP contribution in [0.2, 0.25) is 0 Å². The average molecular weight is 289 g/mol. The first-order valence-electron chi connectivity index (χ1n) is 7.63. The van der Waals surface area contributed by atoms with Gasteiger partial charge in [0.1, 0.15) is 0 Å². The molecule has 2 aromatic rings. The molecule has 0 bridgehead atoms. The third kappa shape index (κ3) is 3.24. The molecule has 2 N–H and O–H groups in total. The smallest absolute Gasteiger partial charge is 0.245 e. The monoisotopic (exact) mass is 289 g/mol. The summed E-state index contributed by atoms with van der Waals surface area (Å²) in [4.78, 5) is 6.86. The van der Waals surface area contributed by atoms with E-state index < -0.39 is 0 Å². The van der Waals surface area contributed by atoms with Gasteiger partial charge >= 0.3 is 0 Å². The van der Waals surface area contributed by atoms with E-state index in [0.717, 1.165) is 49.4 Å². The molecule has 0 spiro atoms. The molecule has 0 atom stereocenters. The molecule has 0 radical (unpaired) electrons. The molecule has 1 saturated heterocycles. The zero-order chi connectivity index (χ0) is 14.7. The normalized spacial score (nSPS) is 16.6. The highest BCUT2D eigenvalue weighted by atomic mass is 15.4. The van der Waals surface area contributed by atoms with Crippen molar-refractivity contribution in [2.75, 3.05) is 31.1 Å². The summed E-state index contributed by atoms with van der Waals surface area (Å²) in [5.74, 6) is 2.36. The van der Waals surface area contributed by atoms with Crippen LogP contribution in [0, 0.1) is 5.92 Å². The number of aromatic amines is 1. The Bertz CT molecular complexity index is 565. The maximum atomic E-state index is 4.59. The van der Waals surface area contributed by atoms with Crippen LogP contribution < -0.4 is 10.2 Å². The number of anilines is 1. The third-order valence-electron chi connectivity index (χ3n) is 4.03. The lowest BCUT2D eigenvalue weighted by atomic mass is 9.97. The van der Waals surface area contributed by atoms with Crippen molar-refractivity contribution in [2.45, 2.75) is 19.8 Å². The zero-order valence-corrected chi connectivity index (χ0v) is 12.7. The van der Waals surface area contributed by atoms with Gasteiger partial charge in [0.05, 0.1) is 11.8 Å². The van der Waals surface area contributed by atoms with Gasteiger partial charge in [-0.1, -0.05) is 6.92 Å². The Morgan fingerprint density at radius 3 is 2.86 bits per heavy atom. The van der Waals surface area contributed by atoms with Crippen molar-refractivity contribution in [3.8, 4) is 11.4 Å². The molecule has 3 rings (SSSR count). The van der Waals surface area contributed by atoms with Crippen molar-refractivity contribution in [3.05, 3.63) is 12.4 Å². The average Bonchev–Trinajstić information content (AvgIpc) is 3.14. The molecule has 1 aliphatic heterocycles. The van der Waals surface area contributed by atoms with Gasteiger partial charge in [-0.25, -0.2) is 0 Å². The fourth-order valence-corrected chi connectivity index (χ4v) is 2.75. The van der Waals surface area contributed by atoms with Crippen LogP contribution in [0.25, 0.3) is 11.4 Å². The number of nitrogens with zero attached hydrogens (tertiary/aromatic N) is 5. The van der Waals surface area contributed by atoms with E-state index in [-0.39, 0.29) is 0 Å². The van der Waals surface area contributed by atoms with Gasteiger partial charge in [0.2, 0.25) is 5.95 Å². The van der Waals surface area contributed by atoms with Gasteiger partial charge in [-0.05, 0) is 31.8 Å². The second kappa shape index (κ2) is 6.26. The van der Waals surface area contributed by atoms with E-state index in [0.29, 0.717) is 0 Å². The summed E-state index contributed by atoms with van der Waals surface area (Å²) in [6, 6.07) is 0. The lowest BCUT2D eigenvalue weighted by Crippen LogP contribution is -2.37. The number of H-pyrrole nitrogens is 1. The van der Waals surface area contributed by atoms with E-state index in [2.05, 4.69) is 37.4 Å². The number of aromatic nitrogens is 5. The Morgan fingerprint density at radius 1 is 1.38 bits per heavy atom. The molecule has 2 aromatic heterocycles. The van der Waals surface area contributed by atoms with Gasteiger partial charge in [0, 0.05) is 26.3 Å². The van der Waals surface area contributed by atoms with Crippen LogP contribution in [0.15, 0.2) is 12.4 Å². The molecule has 0 aliphatic carbocycles. The first-order chi connectivity index (χ1) is 10.3. The first-order valence-corrected chi connectivity index (χ1v) is 7.63. The summed E-state index contributed by atoms with van der Waals surface area (Å²) in [6.07, 6.45) is 6.13. The molecule has 7 nitrogen and oxygen atoms in total. The number of hydrogen-bond acceptors (Lipinski definition) is 5. The lowest BCUT2D eigenvalue weighted by molar-refractivity contribution is 0.384. The number of aryl methyl sites for hydroxylation is 1. The maximum Gasteiger partial charge on any atom is 0.245 e. The minimum absolute atomic E-state index is 0.776. The molecular weight excluding hydrogens is 266 g/mol. The van der Waals surface area contributed by atoms with E-state index in [4.69, 9.17) is 0 Å². The number of piperidine rings is 1. The molecule has 3 heterocycles. The van der Waals surface area contributed by atoms with Crippen LogP contribution >= 0.6 is 0 Å². The lowest BCUT2D eigenvalue weighted by Gasteiger charge is -2.31. The fraction of sp³-hybridized carbons (Fsp3) is 0.643. The Morgan fingerprint density at radius 2 is 2.19 bits per heavy atom. The van der Waals surface area contributed by atoms with Gasteiger partial charge < -0.3 is 10.2 Å². The minimum Gasteiger partial charge on any atom is -0.340 e. The van der Waals surface area contributed by atoms with E-state index >= 15 is 0 Å². The standard InChI is InChI=1S/C14H23N7/c1-3-15-8-11-4-6-21(7-5-11)14-17-13(18-19-14)12-9-16-20(2)10-12/h9-11,15H,3-8H2,1-2H3,(H,17,18,19). The minimum atomic E-state index is 0.776. The number of nitrogens with one attached hydrogen (secondary N) is 2. The first kappa shape index (κ1) is 14.1. The van der Waals surface area contributed by atoms with Gasteiger partial charge in [-0.2, -0.15) is 10.1 Å². The highest BCUT2D eigenvalue weighted by Gasteiger charge is 2.21. The van der Waals surface area contributed by atoms with Crippen LogP contribution in [0.5, 0.6) is 0 Å². The van der Waals surface area contributed by atoms with E-state index in [1.54, 1.807) is 10.9 Å². The summed E-state index contributed by atoms with van der Waals surface area (Å²) >= 11 is 0. The van der Waals surface area contributed by atoms with Gasteiger partial charge in [-0.3, -0.25) is 9.78 Å². The van der Waals surface area contributed by atoms with Gasteiger partial charge in [0.15, 0.2) is 5.82 Å². The van der Waals surface area contributed by atoms with Crippen LogP contribution in [0.4, 0.5) is 5.95 Å². The van der Waals surface area contributed by atoms with Crippen molar-refractivity contribution in [2.24, 2.45) is 13.0 Å². The zero-order valence-electron chi connectivity index (χ0n) is 12.7. The number of rotatable bonds is 5. The van der Waals surface area contributed by atoms with Crippen molar-refractivity contribution in [1.29, 1.82) is 0 Å². The van der Waals surface area contributed by atoms with Crippen molar-refractivity contribution < 1.29 is 0 Å². The Hall–Kier alpha value is -1.89. The van der Waals surface area contributed by atoms with Gasteiger partial charge in [0.25, 0.3) is 0 Å². The predicted molar refractivity (Wildman–Crippen MR) is 82.1 cm³/mol. The highest BCUT2D eigenvalue weighted by molar-refractivity contribution is 5.53. The number of hydrogen-bond donors (Lipinski definition) is 2. The topological polar surface area (TPSA) is 74.7 Å². The molecule has 0 saturated carbocycles. The molecule has 0 amide bonds. The Kier molecular flexibility index (Phi) is 4.19. The SMILES string of the molecule is CCNCC1CCN(c2n[nH]c(-c3cnn(C)c3)n2)CC1. The van der Waals surface area contributed by atoms with E-state index in [1.165, 1.54) is 12.8 Å². The van der Waals surface area contributed by atoms with Crippen LogP contribution in [0.3, 0.4) is 0 Å². The van der Waals surface area contributed by atoms with Gasteiger partial charge in [-0.15, -0.1) is 5.10 Å². The molecule has 114 valence electrons.